The Balaban J connectivity index is 1.80. The molecule has 1 aliphatic heterocycles. The third-order valence-electron chi connectivity index (χ3n) is 3.75. The van der Waals surface area contributed by atoms with E-state index in [0.717, 1.165) is 19.5 Å². The number of benzene rings is 2. The lowest BCUT2D eigenvalue weighted by molar-refractivity contribution is 0.102. The third-order valence-corrected chi connectivity index (χ3v) is 3.99. The van der Waals surface area contributed by atoms with Crippen LogP contribution in [0.25, 0.3) is 0 Å². The van der Waals surface area contributed by atoms with Gasteiger partial charge in [-0.2, -0.15) is 0 Å². The third kappa shape index (κ3) is 3.66. The standard InChI is InChI=1S/C18H19ClN2O2/c1-2-7-23-17-6-5-15(19)9-16(17)21-18(22)12-3-4-13-10-20-11-14(13)8-12/h3-6,8-9,20H,2,7,10-11H2,1H3,(H,21,22). The van der Waals surface area contributed by atoms with Crippen molar-refractivity contribution >= 4 is 23.2 Å². The Hall–Kier alpha value is -2.04. The highest BCUT2D eigenvalue weighted by molar-refractivity contribution is 6.31. The number of anilines is 1. The molecule has 2 aromatic carbocycles. The Kier molecular flexibility index (Phi) is 4.84. The highest BCUT2D eigenvalue weighted by atomic mass is 35.5. The number of ether oxygens (including phenoxy) is 1. The molecule has 0 radical (unpaired) electrons. The Morgan fingerprint density at radius 3 is 2.87 bits per heavy atom. The van der Waals surface area contributed by atoms with Gasteiger partial charge in [-0.15, -0.1) is 0 Å². The van der Waals surface area contributed by atoms with Crippen LogP contribution in [0.15, 0.2) is 36.4 Å². The van der Waals surface area contributed by atoms with E-state index in [4.69, 9.17) is 16.3 Å². The van der Waals surface area contributed by atoms with Gasteiger partial charge in [0, 0.05) is 23.7 Å². The zero-order chi connectivity index (χ0) is 16.2. The lowest BCUT2D eigenvalue weighted by atomic mass is 10.1. The van der Waals surface area contributed by atoms with Crippen LogP contribution in [0.1, 0.15) is 34.8 Å². The van der Waals surface area contributed by atoms with Crippen LogP contribution in [-0.2, 0) is 13.1 Å². The summed E-state index contributed by atoms with van der Waals surface area (Å²) >= 11 is 6.04. The zero-order valence-corrected chi connectivity index (χ0v) is 13.7. The predicted octanol–water partition coefficient (Wildman–Crippen LogP) is 3.98. The van der Waals surface area contributed by atoms with Crippen LogP contribution >= 0.6 is 11.6 Å². The zero-order valence-electron chi connectivity index (χ0n) is 13.0. The van der Waals surface area contributed by atoms with Gasteiger partial charge in [-0.1, -0.05) is 24.6 Å². The molecule has 1 heterocycles. The summed E-state index contributed by atoms with van der Waals surface area (Å²) in [6.07, 6.45) is 0.897. The van der Waals surface area contributed by atoms with Crippen molar-refractivity contribution in [2.45, 2.75) is 26.4 Å². The quantitative estimate of drug-likeness (QED) is 0.871. The smallest absolute Gasteiger partial charge is 0.255 e. The molecule has 23 heavy (non-hydrogen) atoms. The van der Waals surface area contributed by atoms with Gasteiger partial charge < -0.3 is 15.4 Å². The summed E-state index contributed by atoms with van der Waals surface area (Å²) in [5.41, 5.74) is 3.64. The van der Waals surface area contributed by atoms with E-state index in [9.17, 15) is 4.79 Å². The highest BCUT2D eigenvalue weighted by Crippen LogP contribution is 2.29. The van der Waals surface area contributed by atoms with Crippen molar-refractivity contribution in [1.82, 2.24) is 5.32 Å². The molecule has 3 rings (SSSR count). The second kappa shape index (κ2) is 7.02. The molecular weight excluding hydrogens is 312 g/mol. The van der Waals surface area contributed by atoms with E-state index in [1.165, 1.54) is 11.1 Å². The van der Waals surface area contributed by atoms with Gasteiger partial charge in [0.15, 0.2) is 0 Å². The first-order valence-corrected chi connectivity index (χ1v) is 8.11. The fourth-order valence-electron chi connectivity index (χ4n) is 2.57. The van der Waals surface area contributed by atoms with Gasteiger partial charge in [0.25, 0.3) is 5.91 Å². The van der Waals surface area contributed by atoms with Crippen molar-refractivity contribution in [3.63, 3.8) is 0 Å². The normalized spacial score (nSPS) is 12.8. The Labute approximate surface area is 140 Å². The van der Waals surface area contributed by atoms with Crippen LogP contribution in [-0.4, -0.2) is 12.5 Å². The molecule has 1 amide bonds. The van der Waals surface area contributed by atoms with E-state index in [1.807, 2.05) is 25.1 Å². The van der Waals surface area contributed by atoms with E-state index in [1.54, 1.807) is 18.2 Å². The highest BCUT2D eigenvalue weighted by Gasteiger charge is 2.15. The summed E-state index contributed by atoms with van der Waals surface area (Å²) in [7, 11) is 0. The van der Waals surface area contributed by atoms with Crippen molar-refractivity contribution in [3.8, 4) is 5.75 Å². The van der Waals surface area contributed by atoms with Crippen molar-refractivity contribution in [1.29, 1.82) is 0 Å². The van der Waals surface area contributed by atoms with Crippen LogP contribution < -0.4 is 15.4 Å². The maximum atomic E-state index is 12.5. The van der Waals surface area contributed by atoms with Crippen molar-refractivity contribution in [3.05, 3.63) is 58.1 Å². The number of amides is 1. The van der Waals surface area contributed by atoms with Crippen LogP contribution in [0.2, 0.25) is 5.02 Å². The van der Waals surface area contributed by atoms with Crippen molar-refractivity contribution < 1.29 is 9.53 Å². The van der Waals surface area contributed by atoms with Crippen molar-refractivity contribution in [2.75, 3.05) is 11.9 Å². The molecule has 120 valence electrons. The number of carbonyl (C=O) groups excluding carboxylic acids is 1. The van der Waals surface area contributed by atoms with E-state index in [-0.39, 0.29) is 5.91 Å². The maximum Gasteiger partial charge on any atom is 0.255 e. The molecule has 2 aromatic rings. The molecule has 2 N–H and O–H groups in total. The van der Waals surface area contributed by atoms with Gasteiger partial charge >= 0.3 is 0 Å². The minimum absolute atomic E-state index is 0.164. The first-order valence-electron chi connectivity index (χ1n) is 7.73. The molecule has 0 aliphatic carbocycles. The topological polar surface area (TPSA) is 50.4 Å². The monoisotopic (exact) mass is 330 g/mol. The molecule has 0 aromatic heterocycles. The molecular formula is C18H19ClN2O2. The number of nitrogens with one attached hydrogen (secondary N) is 2. The minimum atomic E-state index is -0.164. The van der Waals surface area contributed by atoms with E-state index in [2.05, 4.69) is 10.6 Å². The summed E-state index contributed by atoms with van der Waals surface area (Å²) in [4.78, 5) is 12.5. The Bertz CT molecular complexity index is 731. The van der Waals surface area contributed by atoms with Gasteiger partial charge in [-0.05, 0) is 47.9 Å². The van der Waals surface area contributed by atoms with Gasteiger partial charge in [-0.3, -0.25) is 4.79 Å². The Morgan fingerprint density at radius 1 is 1.22 bits per heavy atom. The van der Waals surface area contributed by atoms with Gasteiger partial charge in [0.2, 0.25) is 0 Å². The second-order valence-corrected chi connectivity index (χ2v) is 5.97. The first kappa shape index (κ1) is 15.8. The summed E-state index contributed by atoms with van der Waals surface area (Å²) in [6, 6.07) is 11.0. The average molecular weight is 331 g/mol. The first-order chi connectivity index (χ1) is 11.2. The summed E-state index contributed by atoms with van der Waals surface area (Å²) in [6.45, 7) is 4.29. The summed E-state index contributed by atoms with van der Waals surface area (Å²) in [5.74, 6) is 0.468. The van der Waals surface area contributed by atoms with Crippen molar-refractivity contribution in [2.24, 2.45) is 0 Å². The summed E-state index contributed by atoms with van der Waals surface area (Å²) in [5, 5.41) is 6.73. The fraction of sp³-hybridized carbons (Fsp3) is 0.278. The SMILES string of the molecule is CCCOc1ccc(Cl)cc1NC(=O)c1ccc2c(c1)CNC2. The average Bonchev–Trinajstić information content (AvgIpc) is 3.01. The largest absolute Gasteiger partial charge is 0.491 e. The fourth-order valence-corrected chi connectivity index (χ4v) is 2.74. The molecule has 0 atom stereocenters. The van der Waals surface area contributed by atoms with Crippen LogP contribution in [0.5, 0.6) is 5.75 Å². The number of fused-ring (bicyclic) bond motifs is 1. The van der Waals surface area contributed by atoms with E-state index >= 15 is 0 Å². The molecule has 0 unspecified atom stereocenters. The molecule has 1 aliphatic rings. The lowest BCUT2D eigenvalue weighted by Gasteiger charge is -2.13. The predicted molar refractivity (Wildman–Crippen MR) is 92.2 cm³/mol. The maximum absolute atomic E-state index is 12.5. The second-order valence-electron chi connectivity index (χ2n) is 5.53. The Morgan fingerprint density at radius 2 is 2.04 bits per heavy atom. The van der Waals surface area contributed by atoms with Crippen LogP contribution in [0, 0.1) is 0 Å². The number of rotatable bonds is 5. The number of hydrogen-bond acceptors (Lipinski definition) is 3. The molecule has 4 nitrogen and oxygen atoms in total. The van der Waals surface area contributed by atoms with E-state index < -0.39 is 0 Å². The molecule has 0 bridgehead atoms. The van der Waals surface area contributed by atoms with Crippen LogP contribution in [0.3, 0.4) is 0 Å². The number of carbonyl (C=O) groups is 1. The summed E-state index contributed by atoms with van der Waals surface area (Å²) < 4.78 is 5.67. The van der Waals surface area contributed by atoms with Gasteiger partial charge in [-0.25, -0.2) is 0 Å². The molecule has 5 heteroatoms. The minimum Gasteiger partial charge on any atom is -0.491 e. The number of hydrogen-bond donors (Lipinski definition) is 2. The molecule has 0 spiro atoms. The van der Waals surface area contributed by atoms with Crippen LogP contribution in [0.4, 0.5) is 5.69 Å². The van der Waals surface area contributed by atoms with E-state index in [0.29, 0.717) is 28.6 Å². The van der Waals surface area contributed by atoms with Gasteiger partial charge in [0.05, 0.1) is 12.3 Å². The lowest BCUT2D eigenvalue weighted by Crippen LogP contribution is -2.13. The van der Waals surface area contributed by atoms with Gasteiger partial charge in [0.1, 0.15) is 5.75 Å². The molecule has 0 fully saturated rings. The number of halogens is 1. The molecule has 0 saturated heterocycles. The molecule has 0 saturated carbocycles.